The van der Waals surface area contributed by atoms with E-state index in [1.807, 2.05) is 0 Å². The van der Waals surface area contributed by atoms with Crippen LogP contribution in [0.15, 0.2) is 28.4 Å². The molecule has 17 heavy (non-hydrogen) atoms. The van der Waals surface area contributed by atoms with Crippen LogP contribution >= 0.6 is 0 Å². The lowest BCUT2D eigenvalue weighted by molar-refractivity contribution is 0.0529. The van der Waals surface area contributed by atoms with E-state index < -0.39 is 11.7 Å². The summed E-state index contributed by atoms with van der Waals surface area (Å²) in [6.07, 6.45) is 3.59. The number of hydrazone groups is 1. The maximum absolute atomic E-state index is 11.3. The third kappa shape index (κ3) is 4.96. The number of carbonyl (C=O) groups is 1. The number of aromatic nitrogens is 1. The number of amides is 1. The van der Waals surface area contributed by atoms with Crippen molar-refractivity contribution >= 4 is 12.3 Å². The number of hydrogen-bond donors (Lipinski definition) is 2. The zero-order chi connectivity index (χ0) is 12.9. The van der Waals surface area contributed by atoms with Gasteiger partial charge in [0.25, 0.3) is 0 Å². The molecule has 1 aromatic rings. The normalized spacial score (nSPS) is 11.5. The Labute approximate surface area is 98.7 Å². The molecule has 0 spiro atoms. The van der Waals surface area contributed by atoms with E-state index in [4.69, 9.17) is 4.74 Å². The second-order valence-corrected chi connectivity index (χ2v) is 4.34. The monoisotopic (exact) mass is 237 g/mol. The van der Waals surface area contributed by atoms with Crippen LogP contribution in [0.3, 0.4) is 0 Å². The van der Waals surface area contributed by atoms with Crippen LogP contribution in [0.25, 0.3) is 0 Å². The van der Waals surface area contributed by atoms with Crippen LogP contribution in [-0.2, 0) is 4.74 Å². The highest BCUT2D eigenvalue weighted by atomic mass is 16.6. The largest absolute Gasteiger partial charge is 0.443 e. The van der Waals surface area contributed by atoms with E-state index >= 15 is 0 Å². The minimum Gasteiger partial charge on any atom is -0.443 e. The zero-order valence-electron chi connectivity index (χ0n) is 9.98. The summed E-state index contributed by atoms with van der Waals surface area (Å²) in [6, 6.07) is 1.37. The maximum atomic E-state index is 11.3. The van der Waals surface area contributed by atoms with Crippen molar-refractivity contribution in [1.29, 1.82) is 0 Å². The summed E-state index contributed by atoms with van der Waals surface area (Å²) in [5, 5.41) is 3.62. The van der Waals surface area contributed by atoms with Gasteiger partial charge in [-0.05, 0) is 20.8 Å². The molecule has 0 aliphatic heterocycles. The van der Waals surface area contributed by atoms with E-state index in [1.165, 1.54) is 24.7 Å². The van der Waals surface area contributed by atoms with Gasteiger partial charge in [-0.15, -0.1) is 0 Å². The molecule has 0 unspecified atom stereocenters. The summed E-state index contributed by atoms with van der Waals surface area (Å²) in [6.45, 7) is 5.24. The molecule has 0 aliphatic rings. The molecule has 0 saturated heterocycles. The lowest BCUT2D eigenvalue weighted by Gasteiger charge is -2.18. The van der Waals surface area contributed by atoms with Crippen molar-refractivity contribution in [2.24, 2.45) is 5.10 Å². The summed E-state index contributed by atoms with van der Waals surface area (Å²) in [4.78, 5) is 25.2. The minimum absolute atomic E-state index is 0.182. The van der Waals surface area contributed by atoms with Crippen LogP contribution in [0, 0.1) is 0 Å². The Morgan fingerprint density at radius 3 is 2.82 bits per heavy atom. The molecule has 92 valence electrons. The second kappa shape index (κ2) is 5.29. The molecule has 0 saturated carbocycles. The molecule has 1 amide bonds. The van der Waals surface area contributed by atoms with Crippen LogP contribution in [0.4, 0.5) is 4.79 Å². The van der Waals surface area contributed by atoms with Gasteiger partial charge in [0.2, 0.25) is 0 Å². The summed E-state index contributed by atoms with van der Waals surface area (Å²) in [5.41, 5.74) is 1.76. The van der Waals surface area contributed by atoms with Gasteiger partial charge in [-0.25, -0.2) is 10.2 Å². The Hall–Kier alpha value is -2.11. The number of H-pyrrole nitrogens is 1. The molecular weight excluding hydrogens is 222 g/mol. The van der Waals surface area contributed by atoms with Gasteiger partial charge in [0.15, 0.2) is 5.43 Å². The highest BCUT2D eigenvalue weighted by molar-refractivity contribution is 5.80. The second-order valence-electron chi connectivity index (χ2n) is 4.34. The molecule has 1 heterocycles. The van der Waals surface area contributed by atoms with Crippen LogP contribution in [0.1, 0.15) is 26.3 Å². The molecule has 0 bridgehead atoms. The molecule has 1 aromatic heterocycles. The van der Waals surface area contributed by atoms with Crippen LogP contribution in [0.2, 0.25) is 0 Å². The first-order valence-corrected chi connectivity index (χ1v) is 5.08. The summed E-state index contributed by atoms with van der Waals surface area (Å²) in [5.74, 6) is 0. The Kier molecular flexibility index (Phi) is 4.03. The smallest absolute Gasteiger partial charge is 0.428 e. The summed E-state index contributed by atoms with van der Waals surface area (Å²) < 4.78 is 4.96. The van der Waals surface area contributed by atoms with Crippen LogP contribution in [0.5, 0.6) is 0 Å². The molecule has 6 heteroatoms. The van der Waals surface area contributed by atoms with E-state index in [-0.39, 0.29) is 5.43 Å². The van der Waals surface area contributed by atoms with E-state index in [0.717, 1.165) is 0 Å². The average molecular weight is 237 g/mol. The number of hydrogen-bond acceptors (Lipinski definition) is 4. The molecule has 0 fully saturated rings. The summed E-state index contributed by atoms with van der Waals surface area (Å²) >= 11 is 0. The van der Waals surface area contributed by atoms with Crippen molar-refractivity contribution in [3.05, 3.63) is 34.2 Å². The van der Waals surface area contributed by atoms with Gasteiger partial charge >= 0.3 is 6.09 Å². The van der Waals surface area contributed by atoms with Gasteiger partial charge in [0.05, 0.1) is 11.8 Å². The van der Waals surface area contributed by atoms with E-state index in [9.17, 15) is 9.59 Å². The highest BCUT2D eigenvalue weighted by Crippen LogP contribution is 2.06. The van der Waals surface area contributed by atoms with Gasteiger partial charge < -0.3 is 9.72 Å². The number of carbonyl (C=O) groups excluding carboxylic acids is 1. The van der Waals surface area contributed by atoms with Crippen LogP contribution in [-0.4, -0.2) is 22.9 Å². The van der Waals surface area contributed by atoms with Gasteiger partial charge in [-0.3, -0.25) is 4.79 Å². The van der Waals surface area contributed by atoms with Gasteiger partial charge in [0.1, 0.15) is 5.60 Å². The molecular formula is C11H15N3O3. The van der Waals surface area contributed by atoms with Crippen molar-refractivity contribution in [2.45, 2.75) is 26.4 Å². The Morgan fingerprint density at radius 1 is 1.53 bits per heavy atom. The fraction of sp³-hybridized carbons (Fsp3) is 0.364. The van der Waals surface area contributed by atoms with Gasteiger partial charge in [0, 0.05) is 18.5 Å². The summed E-state index contributed by atoms with van der Waals surface area (Å²) in [7, 11) is 0. The zero-order valence-corrected chi connectivity index (χ0v) is 9.98. The molecule has 0 radical (unpaired) electrons. The van der Waals surface area contributed by atoms with Gasteiger partial charge in [-0.2, -0.15) is 5.10 Å². The fourth-order valence-electron chi connectivity index (χ4n) is 0.985. The highest BCUT2D eigenvalue weighted by Gasteiger charge is 2.15. The molecule has 6 nitrogen and oxygen atoms in total. The first-order chi connectivity index (χ1) is 7.88. The third-order valence-corrected chi connectivity index (χ3v) is 1.61. The maximum Gasteiger partial charge on any atom is 0.428 e. The van der Waals surface area contributed by atoms with Crippen molar-refractivity contribution in [2.75, 3.05) is 0 Å². The van der Waals surface area contributed by atoms with Crippen molar-refractivity contribution in [3.63, 3.8) is 0 Å². The minimum atomic E-state index is -0.666. The Balaban J connectivity index is 2.54. The number of ether oxygens (including phenoxy) is 1. The number of aromatic amines is 1. The standard InChI is InChI=1S/C11H15N3O3/c1-11(2,3)17-10(16)14-13-7-8-6-12-5-4-9(8)15/h4-7H,1-3H3,(H,12,15)(H,14,16)/b13-7-. The molecule has 2 N–H and O–H groups in total. The number of rotatable bonds is 2. The molecule has 0 aromatic carbocycles. The lowest BCUT2D eigenvalue weighted by Crippen LogP contribution is -2.29. The first-order valence-electron chi connectivity index (χ1n) is 5.08. The van der Waals surface area contributed by atoms with Gasteiger partial charge in [-0.1, -0.05) is 0 Å². The molecule has 0 aliphatic carbocycles. The Morgan fingerprint density at radius 2 is 2.24 bits per heavy atom. The van der Waals surface area contributed by atoms with E-state index in [1.54, 1.807) is 20.8 Å². The molecule has 1 rings (SSSR count). The van der Waals surface area contributed by atoms with Crippen molar-refractivity contribution in [3.8, 4) is 0 Å². The predicted octanol–water partition coefficient (Wildman–Crippen LogP) is 1.23. The Bertz CT molecular complexity index is 471. The van der Waals surface area contributed by atoms with E-state index in [0.29, 0.717) is 5.56 Å². The number of nitrogens with zero attached hydrogens (tertiary/aromatic N) is 1. The molecule has 0 atom stereocenters. The topological polar surface area (TPSA) is 83.5 Å². The number of pyridine rings is 1. The quantitative estimate of drug-likeness (QED) is 0.599. The van der Waals surface area contributed by atoms with Crippen LogP contribution < -0.4 is 10.9 Å². The lowest BCUT2D eigenvalue weighted by atomic mass is 10.2. The van der Waals surface area contributed by atoms with Crippen molar-refractivity contribution in [1.82, 2.24) is 10.4 Å². The van der Waals surface area contributed by atoms with E-state index in [2.05, 4.69) is 15.5 Å². The first kappa shape index (κ1) is 13.0. The third-order valence-electron chi connectivity index (χ3n) is 1.61. The number of nitrogens with one attached hydrogen (secondary N) is 2. The predicted molar refractivity (Wildman–Crippen MR) is 64.0 cm³/mol. The SMILES string of the molecule is CC(C)(C)OC(=O)N/N=C\c1c[nH]ccc1=O. The fourth-order valence-corrected chi connectivity index (χ4v) is 0.985. The van der Waals surface area contributed by atoms with Crippen molar-refractivity contribution < 1.29 is 9.53 Å². The average Bonchev–Trinajstić information content (AvgIpc) is 2.18.